The molecule has 1 aromatic rings. The molecule has 8 nitrogen and oxygen atoms in total. The van der Waals surface area contributed by atoms with E-state index in [9.17, 15) is 18.0 Å². The third-order valence-electron chi connectivity index (χ3n) is 3.30. The van der Waals surface area contributed by atoms with Crippen LogP contribution < -0.4 is 9.46 Å². The van der Waals surface area contributed by atoms with E-state index in [1.807, 2.05) is 0 Å². The molecule has 9 heteroatoms. The minimum absolute atomic E-state index is 0.418. The van der Waals surface area contributed by atoms with Gasteiger partial charge in [-0.15, -0.1) is 0 Å². The minimum Gasteiger partial charge on any atom is -0.497 e. The smallest absolute Gasteiger partial charge is 0.308 e. The van der Waals surface area contributed by atoms with Crippen molar-refractivity contribution in [2.45, 2.75) is 19.4 Å². The molecule has 0 amide bonds. The molecule has 0 fully saturated rings. The van der Waals surface area contributed by atoms with Gasteiger partial charge < -0.3 is 14.2 Å². The normalized spacial score (nSPS) is 20.6. The molecule has 0 aliphatic carbocycles. The van der Waals surface area contributed by atoms with Gasteiger partial charge in [-0.1, -0.05) is 12.1 Å². The number of carbonyl (C=O) groups is 2. The Morgan fingerprint density at radius 2 is 2.00 bits per heavy atom. The van der Waals surface area contributed by atoms with Gasteiger partial charge in [0.05, 0.1) is 13.4 Å². The van der Waals surface area contributed by atoms with Gasteiger partial charge in [-0.25, -0.2) is 8.42 Å². The number of rotatable bonds is 5. The number of methoxy groups -OCH3 is 1. The highest BCUT2D eigenvalue weighted by Gasteiger charge is 2.50. The van der Waals surface area contributed by atoms with Crippen molar-refractivity contribution in [1.82, 2.24) is 4.72 Å². The summed E-state index contributed by atoms with van der Waals surface area (Å²) >= 11 is 0. The van der Waals surface area contributed by atoms with Gasteiger partial charge in [-0.2, -0.15) is 0 Å². The van der Waals surface area contributed by atoms with E-state index in [0.29, 0.717) is 11.3 Å². The van der Waals surface area contributed by atoms with Gasteiger partial charge in [0.2, 0.25) is 21.7 Å². The zero-order valence-electron chi connectivity index (χ0n) is 13.6. The van der Waals surface area contributed by atoms with E-state index in [4.69, 9.17) is 14.2 Å². The molecule has 0 bridgehead atoms. The van der Waals surface area contributed by atoms with Crippen molar-refractivity contribution in [3.63, 3.8) is 0 Å². The van der Waals surface area contributed by atoms with Gasteiger partial charge in [0, 0.05) is 12.5 Å². The van der Waals surface area contributed by atoms with Gasteiger partial charge >= 0.3 is 5.97 Å². The fraction of sp³-hybridized carbons (Fsp3) is 0.333. The molecule has 1 aromatic carbocycles. The molecular formula is C15H17NO7S. The summed E-state index contributed by atoms with van der Waals surface area (Å²) in [6.07, 6.45) is 0.889. The maximum atomic E-state index is 12.7. The van der Waals surface area contributed by atoms with Crippen molar-refractivity contribution in [1.29, 1.82) is 0 Å². The number of benzene rings is 1. The molecule has 1 N–H and O–H groups in total. The molecule has 0 spiro atoms. The average Bonchev–Trinajstić information content (AvgIpc) is 2.71. The predicted molar refractivity (Wildman–Crippen MR) is 83.2 cm³/mol. The molecule has 0 saturated heterocycles. The summed E-state index contributed by atoms with van der Waals surface area (Å²) in [6.45, 7) is 2.55. The van der Waals surface area contributed by atoms with Crippen LogP contribution in [0.2, 0.25) is 0 Å². The second-order valence-corrected chi connectivity index (χ2v) is 7.07. The van der Waals surface area contributed by atoms with Crippen LogP contribution in [0.1, 0.15) is 19.4 Å². The van der Waals surface area contributed by atoms with Crippen LogP contribution in [0.5, 0.6) is 5.75 Å². The van der Waals surface area contributed by atoms with Crippen LogP contribution in [0.3, 0.4) is 0 Å². The van der Waals surface area contributed by atoms with Crippen molar-refractivity contribution in [2.75, 3.05) is 13.4 Å². The summed E-state index contributed by atoms with van der Waals surface area (Å²) in [7, 11) is -2.28. The lowest BCUT2D eigenvalue weighted by molar-refractivity contribution is -0.142. The van der Waals surface area contributed by atoms with Crippen molar-refractivity contribution < 1.29 is 32.2 Å². The molecular weight excluding hydrogens is 338 g/mol. The van der Waals surface area contributed by atoms with Crippen LogP contribution in [0.15, 0.2) is 35.9 Å². The van der Waals surface area contributed by atoms with Crippen molar-refractivity contribution in [3.05, 3.63) is 41.5 Å². The van der Waals surface area contributed by atoms with Crippen LogP contribution in [-0.2, 0) is 34.7 Å². The number of carbonyl (C=O) groups excluding carboxylic acids is 2. The Bertz CT molecular complexity index is 828. The minimum atomic E-state index is -3.75. The van der Waals surface area contributed by atoms with Crippen LogP contribution in [0, 0.1) is 0 Å². The summed E-state index contributed by atoms with van der Waals surface area (Å²) in [6, 6.07) is 6.54. The Balaban J connectivity index is 2.49. The van der Waals surface area contributed by atoms with Crippen LogP contribution in [0.4, 0.5) is 0 Å². The zero-order chi connectivity index (χ0) is 18.1. The van der Waals surface area contributed by atoms with E-state index in [0.717, 1.165) is 13.2 Å². The fourth-order valence-electron chi connectivity index (χ4n) is 2.20. The second-order valence-electron chi connectivity index (χ2n) is 5.32. The Morgan fingerprint density at radius 3 is 2.54 bits per heavy atom. The zero-order valence-corrected chi connectivity index (χ0v) is 14.4. The lowest BCUT2D eigenvalue weighted by Gasteiger charge is -2.24. The molecule has 1 unspecified atom stereocenters. The summed E-state index contributed by atoms with van der Waals surface area (Å²) in [4.78, 5) is 24.0. The molecule has 1 aliphatic heterocycles. The number of ketones is 1. The summed E-state index contributed by atoms with van der Waals surface area (Å²) in [5.41, 5.74) is -1.14. The topological polar surface area (TPSA) is 108 Å². The van der Waals surface area contributed by atoms with E-state index in [2.05, 4.69) is 4.72 Å². The van der Waals surface area contributed by atoms with Crippen molar-refractivity contribution in [3.8, 4) is 5.75 Å². The maximum Gasteiger partial charge on any atom is 0.308 e. The largest absolute Gasteiger partial charge is 0.497 e. The monoisotopic (exact) mass is 355 g/mol. The highest BCUT2D eigenvalue weighted by Crippen LogP contribution is 2.39. The van der Waals surface area contributed by atoms with E-state index in [1.54, 1.807) is 24.3 Å². The molecule has 0 aromatic heterocycles. The fourth-order valence-corrected chi connectivity index (χ4v) is 2.67. The van der Waals surface area contributed by atoms with Gasteiger partial charge in [0.15, 0.2) is 5.60 Å². The van der Waals surface area contributed by atoms with Crippen molar-refractivity contribution >= 4 is 21.8 Å². The predicted octanol–water partition coefficient (Wildman–Crippen LogP) is 0.791. The maximum absolute atomic E-state index is 12.7. The van der Waals surface area contributed by atoms with E-state index in [1.165, 1.54) is 14.0 Å². The van der Waals surface area contributed by atoms with Crippen LogP contribution >= 0.6 is 0 Å². The van der Waals surface area contributed by atoms with Gasteiger partial charge in [0.1, 0.15) is 5.75 Å². The molecule has 0 saturated carbocycles. The first kappa shape index (κ1) is 17.8. The Morgan fingerprint density at radius 1 is 1.33 bits per heavy atom. The van der Waals surface area contributed by atoms with Gasteiger partial charge in [-0.05, 0) is 19.1 Å². The summed E-state index contributed by atoms with van der Waals surface area (Å²) in [5, 5.41) is 0. The molecule has 24 heavy (non-hydrogen) atoms. The highest BCUT2D eigenvalue weighted by atomic mass is 32.2. The Labute approximate surface area is 139 Å². The number of nitrogens with one attached hydrogen (secondary N) is 1. The summed E-state index contributed by atoms with van der Waals surface area (Å²) < 4.78 is 40.5. The Hall–Kier alpha value is -2.55. The molecule has 2 rings (SSSR count). The first-order valence-corrected chi connectivity index (χ1v) is 8.75. The summed E-state index contributed by atoms with van der Waals surface area (Å²) in [5.74, 6) is -1.88. The van der Waals surface area contributed by atoms with E-state index < -0.39 is 39.0 Å². The van der Waals surface area contributed by atoms with Crippen LogP contribution in [-0.4, -0.2) is 33.5 Å². The van der Waals surface area contributed by atoms with Gasteiger partial charge in [-0.3, -0.25) is 14.3 Å². The third kappa shape index (κ3) is 3.51. The number of hydrogen-bond donors (Lipinski definition) is 1. The molecule has 1 aliphatic rings. The average molecular weight is 355 g/mol. The van der Waals surface area contributed by atoms with E-state index >= 15 is 0 Å². The molecule has 0 radical (unpaired) electrons. The first-order chi connectivity index (χ1) is 11.1. The third-order valence-corrected chi connectivity index (χ3v) is 3.85. The Kier molecular flexibility index (Phi) is 4.57. The lowest BCUT2D eigenvalue weighted by atomic mass is 9.91. The van der Waals surface area contributed by atoms with E-state index in [-0.39, 0.29) is 0 Å². The number of Topliss-reactive ketones (excluding diaryl/α,β-unsaturated/α-hetero) is 1. The van der Waals surface area contributed by atoms with Crippen molar-refractivity contribution in [2.24, 2.45) is 0 Å². The number of esters is 1. The highest BCUT2D eigenvalue weighted by molar-refractivity contribution is 7.88. The number of sulfonamides is 1. The molecule has 1 heterocycles. The quantitative estimate of drug-likeness (QED) is 0.778. The standard InChI is InChI=1S/C15H17NO7S/c1-9(17)22-12-13(18)15(2,23-14(12)16-24(4,19)20)10-6-5-7-11(8-10)21-3/h5-8,16H,1-4H3. The lowest BCUT2D eigenvalue weighted by Crippen LogP contribution is -2.32. The SMILES string of the molecule is COc1cccc(C2(C)OC(NS(C)(=O)=O)=C(OC(C)=O)C2=O)c1. The number of hydrogen-bond acceptors (Lipinski definition) is 7. The first-order valence-electron chi connectivity index (χ1n) is 6.85. The second kappa shape index (κ2) is 6.16. The molecule has 130 valence electrons. The van der Waals surface area contributed by atoms with Crippen LogP contribution in [0.25, 0.3) is 0 Å². The molecule has 1 atom stereocenters. The number of ether oxygens (including phenoxy) is 3. The van der Waals surface area contributed by atoms with Gasteiger partial charge in [0.25, 0.3) is 5.78 Å².